The zero-order valence-corrected chi connectivity index (χ0v) is 10.7. The molecule has 1 aliphatic rings. The van der Waals surface area contributed by atoms with Crippen molar-refractivity contribution in [3.05, 3.63) is 0 Å². The van der Waals surface area contributed by atoms with Gasteiger partial charge in [0.2, 0.25) is 0 Å². The molecule has 1 fully saturated rings. The van der Waals surface area contributed by atoms with Gasteiger partial charge >= 0.3 is 0 Å². The summed E-state index contributed by atoms with van der Waals surface area (Å²) in [6.07, 6.45) is 1.03. The van der Waals surface area contributed by atoms with Gasteiger partial charge in [-0.1, -0.05) is 0 Å². The van der Waals surface area contributed by atoms with Crippen LogP contribution in [0.5, 0.6) is 0 Å². The van der Waals surface area contributed by atoms with E-state index in [0.717, 1.165) is 19.6 Å². The lowest BCUT2D eigenvalue weighted by Gasteiger charge is -2.27. The van der Waals surface area contributed by atoms with Crippen LogP contribution in [0.1, 0.15) is 27.2 Å². The molecule has 0 radical (unpaired) electrons. The first-order chi connectivity index (χ1) is 5.83. The molecule has 0 aliphatic carbocycles. The van der Waals surface area contributed by atoms with Crippen LogP contribution in [0, 0.1) is 0 Å². The SMILES string of the molecule is CN(C)CCC1(C)NC(C)(C)CO1.Cl. The average molecular weight is 223 g/mol. The Morgan fingerprint density at radius 3 is 2.21 bits per heavy atom. The second kappa shape index (κ2) is 4.79. The Hall–Kier alpha value is 0.170. The van der Waals surface area contributed by atoms with Crippen molar-refractivity contribution in [2.75, 3.05) is 27.2 Å². The van der Waals surface area contributed by atoms with Crippen molar-refractivity contribution in [2.24, 2.45) is 0 Å². The monoisotopic (exact) mass is 222 g/mol. The van der Waals surface area contributed by atoms with Crippen LogP contribution in [0.3, 0.4) is 0 Å². The van der Waals surface area contributed by atoms with E-state index >= 15 is 0 Å². The van der Waals surface area contributed by atoms with Crippen LogP contribution in [0.2, 0.25) is 0 Å². The van der Waals surface area contributed by atoms with E-state index in [2.05, 4.69) is 45.1 Å². The fourth-order valence-electron chi connectivity index (χ4n) is 1.70. The van der Waals surface area contributed by atoms with Crippen LogP contribution in [-0.2, 0) is 4.74 Å². The molecule has 0 aromatic rings. The predicted molar refractivity (Wildman–Crippen MR) is 62.0 cm³/mol. The molecule has 0 saturated carbocycles. The maximum absolute atomic E-state index is 5.77. The molecule has 0 aromatic heterocycles. The lowest BCUT2D eigenvalue weighted by molar-refractivity contribution is -0.00524. The summed E-state index contributed by atoms with van der Waals surface area (Å²) in [6, 6.07) is 0. The number of rotatable bonds is 3. The molecule has 14 heavy (non-hydrogen) atoms. The van der Waals surface area contributed by atoms with E-state index in [4.69, 9.17) is 4.74 Å². The van der Waals surface area contributed by atoms with Crippen molar-refractivity contribution < 1.29 is 4.74 Å². The first-order valence-electron chi connectivity index (χ1n) is 4.91. The summed E-state index contributed by atoms with van der Waals surface area (Å²) < 4.78 is 5.77. The van der Waals surface area contributed by atoms with E-state index in [0.29, 0.717) is 0 Å². The fourth-order valence-corrected chi connectivity index (χ4v) is 1.70. The molecule has 86 valence electrons. The van der Waals surface area contributed by atoms with Crippen LogP contribution in [0.15, 0.2) is 0 Å². The van der Waals surface area contributed by atoms with Crippen molar-refractivity contribution in [3.8, 4) is 0 Å². The Morgan fingerprint density at radius 2 is 1.86 bits per heavy atom. The lowest BCUT2D eigenvalue weighted by atomic mass is 10.1. The van der Waals surface area contributed by atoms with Crippen molar-refractivity contribution >= 4 is 12.4 Å². The second-order valence-electron chi connectivity index (χ2n) is 5.08. The summed E-state index contributed by atoms with van der Waals surface area (Å²) in [6.45, 7) is 8.34. The number of hydrogen-bond donors (Lipinski definition) is 1. The summed E-state index contributed by atoms with van der Waals surface area (Å²) in [4.78, 5) is 2.18. The van der Waals surface area contributed by atoms with Gasteiger partial charge in [0, 0.05) is 18.5 Å². The highest BCUT2D eigenvalue weighted by Crippen LogP contribution is 2.25. The van der Waals surface area contributed by atoms with E-state index in [1.807, 2.05) is 0 Å². The first kappa shape index (κ1) is 14.2. The molecule has 1 saturated heterocycles. The lowest BCUT2D eigenvalue weighted by Crippen LogP contribution is -2.47. The highest BCUT2D eigenvalue weighted by atomic mass is 35.5. The van der Waals surface area contributed by atoms with Gasteiger partial charge in [-0.05, 0) is 34.9 Å². The van der Waals surface area contributed by atoms with Gasteiger partial charge in [-0.25, -0.2) is 0 Å². The largest absolute Gasteiger partial charge is 0.359 e. The molecule has 0 bridgehead atoms. The van der Waals surface area contributed by atoms with E-state index in [-0.39, 0.29) is 23.7 Å². The molecular formula is C10H23ClN2O. The highest BCUT2D eigenvalue weighted by Gasteiger charge is 2.39. The van der Waals surface area contributed by atoms with Gasteiger partial charge < -0.3 is 9.64 Å². The molecule has 1 unspecified atom stereocenters. The van der Waals surface area contributed by atoms with Crippen molar-refractivity contribution in [1.29, 1.82) is 0 Å². The zero-order chi connectivity index (χ0) is 10.1. The summed E-state index contributed by atoms with van der Waals surface area (Å²) in [7, 11) is 4.17. The topological polar surface area (TPSA) is 24.5 Å². The molecule has 0 amide bonds. The van der Waals surface area contributed by atoms with E-state index in [1.165, 1.54) is 0 Å². The van der Waals surface area contributed by atoms with Gasteiger partial charge in [-0.15, -0.1) is 12.4 Å². The van der Waals surface area contributed by atoms with Crippen LogP contribution in [-0.4, -0.2) is 43.4 Å². The second-order valence-corrected chi connectivity index (χ2v) is 5.08. The van der Waals surface area contributed by atoms with Gasteiger partial charge in [0.05, 0.1) is 6.61 Å². The minimum absolute atomic E-state index is 0. The molecule has 1 aliphatic heterocycles. The first-order valence-corrected chi connectivity index (χ1v) is 4.91. The quantitative estimate of drug-likeness (QED) is 0.783. The van der Waals surface area contributed by atoms with Gasteiger partial charge in [-0.2, -0.15) is 0 Å². The predicted octanol–water partition coefficient (Wildman–Crippen LogP) is 1.47. The molecule has 0 spiro atoms. The van der Waals surface area contributed by atoms with Gasteiger partial charge in [0.15, 0.2) is 0 Å². The zero-order valence-electron chi connectivity index (χ0n) is 9.89. The van der Waals surface area contributed by atoms with Gasteiger partial charge in [0.1, 0.15) is 5.72 Å². The highest BCUT2D eigenvalue weighted by molar-refractivity contribution is 5.85. The molecule has 0 aromatic carbocycles. The molecule has 1 heterocycles. The minimum atomic E-state index is -0.131. The number of halogens is 1. The van der Waals surface area contributed by atoms with E-state index < -0.39 is 0 Å². The standard InChI is InChI=1S/C10H22N2O.ClH/c1-9(2)8-13-10(3,11-9)6-7-12(4)5;/h11H,6-8H2,1-5H3;1H. The Balaban J connectivity index is 0.00000169. The van der Waals surface area contributed by atoms with Gasteiger partial charge in [-0.3, -0.25) is 5.32 Å². The van der Waals surface area contributed by atoms with E-state index in [9.17, 15) is 0 Å². The fraction of sp³-hybridized carbons (Fsp3) is 1.00. The van der Waals surface area contributed by atoms with Crippen molar-refractivity contribution in [1.82, 2.24) is 10.2 Å². The third-order valence-electron chi connectivity index (χ3n) is 2.39. The molecular weight excluding hydrogens is 200 g/mol. The van der Waals surface area contributed by atoms with Crippen LogP contribution < -0.4 is 5.32 Å². The maximum Gasteiger partial charge on any atom is 0.118 e. The number of nitrogens with zero attached hydrogens (tertiary/aromatic N) is 1. The minimum Gasteiger partial charge on any atom is -0.359 e. The molecule has 1 atom stereocenters. The number of hydrogen-bond acceptors (Lipinski definition) is 3. The Bertz CT molecular complexity index is 185. The summed E-state index contributed by atoms with van der Waals surface area (Å²) in [5, 5.41) is 3.51. The van der Waals surface area contributed by atoms with Crippen LogP contribution in [0.25, 0.3) is 0 Å². The molecule has 3 nitrogen and oxygen atoms in total. The summed E-state index contributed by atoms with van der Waals surface area (Å²) in [5.74, 6) is 0. The smallest absolute Gasteiger partial charge is 0.118 e. The average Bonchev–Trinajstić information content (AvgIpc) is 2.23. The third-order valence-corrected chi connectivity index (χ3v) is 2.39. The molecule has 4 heteroatoms. The number of nitrogens with one attached hydrogen (secondary N) is 1. The normalized spacial score (nSPS) is 30.4. The molecule has 1 N–H and O–H groups in total. The van der Waals surface area contributed by atoms with Crippen LogP contribution >= 0.6 is 12.4 Å². The third kappa shape index (κ3) is 4.13. The van der Waals surface area contributed by atoms with Crippen molar-refractivity contribution in [2.45, 2.75) is 38.5 Å². The van der Waals surface area contributed by atoms with E-state index in [1.54, 1.807) is 0 Å². The summed E-state index contributed by atoms with van der Waals surface area (Å²) in [5.41, 5.74) is -0.00513. The van der Waals surface area contributed by atoms with Gasteiger partial charge in [0.25, 0.3) is 0 Å². The maximum atomic E-state index is 5.77. The Kier molecular flexibility index (Phi) is 4.85. The Morgan fingerprint density at radius 1 is 1.29 bits per heavy atom. The summed E-state index contributed by atoms with van der Waals surface area (Å²) >= 11 is 0. The molecule has 1 rings (SSSR count). The number of ether oxygens (including phenoxy) is 1. The van der Waals surface area contributed by atoms with Crippen molar-refractivity contribution in [3.63, 3.8) is 0 Å². The Labute approximate surface area is 93.6 Å². The van der Waals surface area contributed by atoms with Crippen LogP contribution in [0.4, 0.5) is 0 Å².